The van der Waals surface area contributed by atoms with Gasteiger partial charge < -0.3 is 9.32 Å². The lowest BCUT2D eigenvalue weighted by molar-refractivity contribution is 0.0981. The van der Waals surface area contributed by atoms with Gasteiger partial charge in [-0.25, -0.2) is 4.98 Å². The fourth-order valence-corrected chi connectivity index (χ4v) is 3.53. The van der Waals surface area contributed by atoms with Gasteiger partial charge in [0.05, 0.1) is 6.26 Å². The standard InChI is InChI=1S/C17H14N2O2S/c20-17(13-11-22-16(18-13)15-8-4-10-21-15)19-9-3-6-12-5-1-2-7-14(12)19/h1-2,4-5,7-8,10-11H,3,6,9H2. The smallest absolute Gasteiger partial charge is 0.277 e. The predicted octanol–water partition coefficient (Wildman–Crippen LogP) is 4.00. The summed E-state index contributed by atoms with van der Waals surface area (Å²) in [5, 5.41) is 2.54. The SMILES string of the molecule is O=C(c1csc(-c2ccco2)n1)N1CCCc2ccccc21. The summed E-state index contributed by atoms with van der Waals surface area (Å²) in [4.78, 5) is 19.1. The van der Waals surface area contributed by atoms with Crippen molar-refractivity contribution in [3.05, 3.63) is 59.3 Å². The maximum Gasteiger partial charge on any atom is 0.277 e. The number of rotatable bonds is 2. The van der Waals surface area contributed by atoms with Crippen molar-refractivity contribution < 1.29 is 9.21 Å². The number of fused-ring (bicyclic) bond motifs is 1. The van der Waals surface area contributed by atoms with Gasteiger partial charge in [0.1, 0.15) is 5.69 Å². The van der Waals surface area contributed by atoms with Crippen LogP contribution in [0.15, 0.2) is 52.5 Å². The Labute approximate surface area is 132 Å². The Morgan fingerprint density at radius 2 is 2.14 bits per heavy atom. The Balaban J connectivity index is 1.66. The molecule has 4 rings (SSSR count). The van der Waals surface area contributed by atoms with Gasteiger partial charge in [-0.3, -0.25) is 4.79 Å². The van der Waals surface area contributed by atoms with Gasteiger partial charge in [0, 0.05) is 17.6 Å². The van der Waals surface area contributed by atoms with Crippen LogP contribution in [-0.4, -0.2) is 17.4 Å². The number of amides is 1. The molecule has 3 heterocycles. The molecule has 1 aromatic carbocycles. The van der Waals surface area contributed by atoms with E-state index in [1.807, 2.05) is 35.2 Å². The number of para-hydroxylation sites is 1. The largest absolute Gasteiger partial charge is 0.462 e. The van der Waals surface area contributed by atoms with Crippen LogP contribution in [-0.2, 0) is 6.42 Å². The van der Waals surface area contributed by atoms with Crippen molar-refractivity contribution in [2.45, 2.75) is 12.8 Å². The Kier molecular flexibility index (Phi) is 3.27. The summed E-state index contributed by atoms with van der Waals surface area (Å²) >= 11 is 1.43. The van der Waals surface area contributed by atoms with Crippen molar-refractivity contribution in [3.8, 4) is 10.8 Å². The molecule has 0 bridgehead atoms. The highest BCUT2D eigenvalue weighted by atomic mass is 32.1. The lowest BCUT2D eigenvalue weighted by Gasteiger charge is -2.28. The first-order valence-corrected chi connectivity index (χ1v) is 8.10. The zero-order valence-corrected chi connectivity index (χ0v) is 12.7. The van der Waals surface area contributed by atoms with Crippen molar-refractivity contribution in [2.24, 2.45) is 0 Å². The molecule has 1 aliphatic rings. The average molecular weight is 310 g/mol. The van der Waals surface area contributed by atoms with Crippen molar-refractivity contribution in [1.29, 1.82) is 0 Å². The molecule has 0 aliphatic carbocycles. The number of anilines is 1. The van der Waals surface area contributed by atoms with Crippen molar-refractivity contribution in [3.63, 3.8) is 0 Å². The van der Waals surface area contributed by atoms with E-state index in [4.69, 9.17) is 4.42 Å². The summed E-state index contributed by atoms with van der Waals surface area (Å²) in [6, 6.07) is 11.8. The maximum absolute atomic E-state index is 12.8. The van der Waals surface area contributed by atoms with Crippen molar-refractivity contribution in [2.75, 3.05) is 11.4 Å². The Morgan fingerprint density at radius 1 is 1.23 bits per heavy atom. The molecule has 2 aromatic heterocycles. The third kappa shape index (κ3) is 2.23. The quantitative estimate of drug-likeness (QED) is 0.719. The molecule has 5 heteroatoms. The van der Waals surface area contributed by atoms with E-state index in [9.17, 15) is 4.79 Å². The monoisotopic (exact) mass is 310 g/mol. The first-order chi connectivity index (χ1) is 10.8. The van der Waals surface area contributed by atoms with E-state index in [0.29, 0.717) is 11.5 Å². The van der Waals surface area contributed by atoms with E-state index >= 15 is 0 Å². The zero-order valence-electron chi connectivity index (χ0n) is 11.9. The van der Waals surface area contributed by atoms with Gasteiger partial charge in [0.2, 0.25) is 0 Å². The fraction of sp³-hybridized carbons (Fsp3) is 0.176. The highest BCUT2D eigenvalue weighted by molar-refractivity contribution is 7.13. The van der Waals surface area contributed by atoms with Crippen LogP contribution in [0.25, 0.3) is 10.8 Å². The van der Waals surface area contributed by atoms with E-state index in [-0.39, 0.29) is 5.91 Å². The second-order valence-corrected chi connectivity index (χ2v) is 6.06. The topological polar surface area (TPSA) is 46.3 Å². The van der Waals surface area contributed by atoms with Crippen LogP contribution in [0.4, 0.5) is 5.69 Å². The molecule has 0 radical (unpaired) electrons. The van der Waals surface area contributed by atoms with Crippen LogP contribution >= 0.6 is 11.3 Å². The number of hydrogen-bond donors (Lipinski definition) is 0. The molecule has 1 aliphatic heterocycles. The van der Waals surface area contributed by atoms with Crippen LogP contribution in [0.2, 0.25) is 0 Å². The molecule has 22 heavy (non-hydrogen) atoms. The number of carbonyl (C=O) groups excluding carboxylic acids is 1. The van der Waals surface area contributed by atoms with E-state index < -0.39 is 0 Å². The van der Waals surface area contributed by atoms with Crippen molar-refractivity contribution >= 4 is 22.9 Å². The van der Waals surface area contributed by atoms with Crippen LogP contribution in [0, 0.1) is 0 Å². The first kappa shape index (κ1) is 13.3. The number of benzene rings is 1. The summed E-state index contributed by atoms with van der Waals surface area (Å²) < 4.78 is 5.34. The van der Waals surface area contributed by atoms with Crippen LogP contribution < -0.4 is 4.90 Å². The number of aromatic nitrogens is 1. The van der Waals surface area contributed by atoms with Crippen LogP contribution in [0.3, 0.4) is 0 Å². The fourth-order valence-electron chi connectivity index (χ4n) is 2.77. The molecule has 0 fully saturated rings. The molecule has 110 valence electrons. The maximum atomic E-state index is 12.8. The van der Waals surface area contributed by atoms with Gasteiger partial charge in [-0.05, 0) is 36.6 Å². The molecular formula is C17H14N2O2S. The summed E-state index contributed by atoms with van der Waals surface area (Å²) in [5.74, 6) is 0.657. The third-order valence-corrected chi connectivity index (χ3v) is 4.67. The van der Waals surface area contributed by atoms with Gasteiger partial charge >= 0.3 is 0 Å². The summed E-state index contributed by atoms with van der Waals surface area (Å²) in [6.45, 7) is 0.740. The van der Waals surface area contributed by atoms with Crippen LogP contribution in [0.1, 0.15) is 22.5 Å². The molecule has 0 saturated carbocycles. The van der Waals surface area contributed by atoms with E-state index in [2.05, 4.69) is 11.1 Å². The lowest BCUT2D eigenvalue weighted by Crippen LogP contribution is -2.35. The number of nitrogens with zero attached hydrogens (tertiary/aromatic N) is 2. The highest BCUT2D eigenvalue weighted by Gasteiger charge is 2.25. The molecule has 0 unspecified atom stereocenters. The lowest BCUT2D eigenvalue weighted by atomic mass is 10.0. The van der Waals surface area contributed by atoms with E-state index in [1.54, 1.807) is 11.6 Å². The van der Waals surface area contributed by atoms with Gasteiger partial charge in [0.25, 0.3) is 5.91 Å². The molecule has 0 atom stereocenters. The van der Waals surface area contributed by atoms with E-state index in [0.717, 1.165) is 30.1 Å². The number of furan rings is 1. The minimum atomic E-state index is -0.0405. The molecule has 1 amide bonds. The van der Waals surface area contributed by atoms with Gasteiger partial charge in [-0.2, -0.15) is 0 Å². The van der Waals surface area contributed by atoms with Crippen molar-refractivity contribution in [1.82, 2.24) is 4.98 Å². The Hall–Kier alpha value is -2.40. The minimum absolute atomic E-state index is 0.0405. The highest BCUT2D eigenvalue weighted by Crippen LogP contribution is 2.30. The molecule has 3 aromatic rings. The molecule has 0 N–H and O–H groups in total. The second-order valence-electron chi connectivity index (χ2n) is 5.20. The molecule has 4 nitrogen and oxygen atoms in total. The number of carbonyl (C=O) groups is 1. The molecule has 0 saturated heterocycles. The number of aryl methyl sites for hydroxylation is 1. The summed E-state index contributed by atoms with van der Waals surface area (Å²) in [7, 11) is 0. The Bertz CT molecular complexity index is 808. The number of thiazole rings is 1. The Morgan fingerprint density at radius 3 is 3.00 bits per heavy atom. The average Bonchev–Trinajstić information content (AvgIpc) is 3.24. The minimum Gasteiger partial charge on any atom is -0.462 e. The van der Waals surface area contributed by atoms with E-state index in [1.165, 1.54) is 16.9 Å². The molecule has 0 spiro atoms. The van der Waals surface area contributed by atoms with Gasteiger partial charge in [0.15, 0.2) is 10.8 Å². The third-order valence-electron chi connectivity index (χ3n) is 3.81. The second kappa shape index (κ2) is 5.42. The summed E-state index contributed by atoms with van der Waals surface area (Å²) in [5.41, 5.74) is 2.71. The normalized spacial score (nSPS) is 13.9. The predicted molar refractivity (Wildman–Crippen MR) is 86.3 cm³/mol. The zero-order chi connectivity index (χ0) is 14.9. The van der Waals surface area contributed by atoms with Gasteiger partial charge in [-0.15, -0.1) is 11.3 Å². The van der Waals surface area contributed by atoms with Crippen LogP contribution in [0.5, 0.6) is 0 Å². The first-order valence-electron chi connectivity index (χ1n) is 7.22. The van der Waals surface area contributed by atoms with Gasteiger partial charge in [-0.1, -0.05) is 18.2 Å². The number of hydrogen-bond acceptors (Lipinski definition) is 4. The molecular weight excluding hydrogens is 296 g/mol. The summed E-state index contributed by atoms with van der Waals surface area (Å²) in [6.07, 6.45) is 3.62.